The summed E-state index contributed by atoms with van der Waals surface area (Å²) in [5.74, 6) is -0.259. The van der Waals surface area contributed by atoms with E-state index < -0.39 is 0 Å². The summed E-state index contributed by atoms with van der Waals surface area (Å²) < 4.78 is 4.77. The molecule has 1 atom stereocenters. The van der Waals surface area contributed by atoms with Crippen LogP contribution in [0.2, 0.25) is 0 Å². The molecule has 0 aromatic heterocycles. The van der Waals surface area contributed by atoms with Gasteiger partial charge in [-0.1, -0.05) is 0 Å². The van der Waals surface area contributed by atoms with Gasteiger partial charge in [0.25, 0.3) is 0 Å². The van der Waals surface area contributed by atoms with Crippen LogP contribution in [0.5, 0.6) is 0 Å². The lowest BCUT2D eigenvalue weighted by atomic mass is 10.3. The number of carbonyl (C=O) groups is 1. The van der Waals surface area contributed by atoms with E-state index in [2.05, 4.69) is 5.32 Å². The topological polar surface area (TPSA) is 38.3 Å². The van der Waals surface area contributed by atoms with E-state index in [4.69, 9.17) is 4.74 Å². The first-order valence-corrected chi connectivity index (χ1v) is 2.84. The van der Waals surface area contributed by atoms with Gasteiger partial charge < -0.3 is 10.1 Å². The lowest BCUT2D eigenvalue weighted by molar-refractivity contribution is -0.139. The third-order valence-electron chi connectivity index (χ3n) is 1.18. The van der Waals surface area contributed by atoms with Gasteiger partial charge in [-0.3, -0.25) is 0 Å². The van der Waals surface area contributed by atoms with Crippen molar-refractivity contribution >= 4 is 5.97 Å². The summed E-state index contributed by atoms with van der Waals surface area (Å²) in [7, 11) is 1.70. The van der Waals surface area contributed by atoms with Crippen LogP contribution < -0.4 is 5.32 Å². The third-order valence-corrected chi connectivity index (χ3v) is 1.18. The first-order valence-electron chi connectivity index (χ1n) is 2.84. The van der Waals surface area contributed by atoms with Crippen molar-refractivity contribution in [3.05, 3.63) is 11.8 Å². The minimum absolute atomic E-state index is 0.0695. The Morgan fingerprint density at radius 3 is 2.67 bits per heavy atom. The van der Waals surface area contributed by atoms with Crippen LogP contribution in [0.15, 0.2) is 11.8 Å². The molecule has 0 aliphatic carbocycles. The molecule has 0 fully saturated rings. The van der Waals surface area contributed by atoms with E-state index in [1.54, 1.807) is 13.1 Å². The van der Waals surface area contributed by atoms with Crippen molar-refractivity contribution in [1.29, 1.82) is 0 Å². The standard InChI is InChI=1S/C6H9NO2/c1-4-3-5(7-2)6(8)9-4/h3-4,7H,1-2H3. The quantitative estimate of drug-likeness (QED) is 0.505. The Bertz CT molecular complexity index is 162. The SMILES string of the molecule is CNC1=CC(C)OC1=O. The molecule has 50 valence electrons. The number of ether oxygens (including phenoxy) is 1. The lowest BCUT2D eigenvalue weighted by Gasteiger charge is -1.97. The summed E-state index contributed by atoms with van der Waals surface area (Å²) in [6.07, 6.45) is 1.68. The molecule has 0 saturated heterocycles. The Labute approximate surface area is 53.7 Å². The molecule has 0 saturated carbocycles. The normalized spacial score (nSPS) is 25.3. The van der Waals surface area contributed by atoms with Gasteiger partial charge in [-0.25, -0.2) is 4.79 Å². The number of cyclic esters (lactones) is 1. The van der Waals surface area contributed by atoms with E-state index >= 15 is 0 Å². The molecular formula is C6H9NO2. The molecular weight excluding hydrogens is 118 g/mol. The van der Waals surface area contributed by atoms with Crippen molar-refractivity contribution in [2.45, 2.75) is 13.0 Å². The van der Waals surface area contributed by atoms with Crippen molar-refractivity contribution in [1.82, 2.24) is 5.32 Å². The van der Waals surface area contributed by atoms with Gasteiger partial charge in [0.05, 0.1) is 0 Å². The summed E-state index contributed by atoms with van der Waals surface area (Å²) in [5, 5.41) is 2.73. The van der Waals surface area contributed by atoms with Gasteiger partial charge in [0.1, 0.15) is 11.8 Å². The molecule has 1 unspecified atom stereocenters. The molecule has 1 aliphatic heterocycles. The molecule has 0 bridgehead atoms. The minimum atomic E-state index is -0.259. The zero-order valence-corrected chi connectivity index (χ0v) is 5.47. The van der Waals surface area contributed by atoms with Crippen molar-refractivity contribution in [2.75, 3.05) is 7.05 Å². The van der Waals surface area contributed by atoms with Crippen LogP contribution in [-0.4, -0.2) is 19.1 Å². The van der Waals surface area contributed by atoms with E-state index in [0.29, 0.717) is 5.70 Å². The molecule has 1 aliphatic rings. The van der Waals surface area contributed by atoms with Gasteiger partial charge in [-0.15, -0.1) is 0 Å². The molecule has 1 heterocycles. The van der Waals surface area contributed by atoms with Crippen LogP contribution in [0.25, 0.3) is 0 Å². The van der Waals surface area contributed by atoms with Crippen molar-refractivity contribution < 1.29 is 9.53 Å². The fourth-order valence-corrected chi connectivity index (χ4v) is 0.754. The molecule has 1 N–H and O–H groups in total. The van der Waals surface area contributed by atoms with Crippen LogP contribution in [0.4, 0.5) is 0 Å². The van der Waals surface area contributed by atoms with Crippen LogP contribution in [0.3, 0.4) is 0 Å². The summed E-state index contributed by atoms with van der Waals surface area (Å²) in [5.41, 5.74) is 0.558. The fourth-order valence-electron chi connectivity index (χ4n) is 0.754. The molecule has 9 heavy (non-hydrogen) atoms. The molecule has 1 rings (SSSR count). The zero-order chi connectivity index (χ0) is 6.85. The van der Waals surface area contributed by atoms with E-state index in [-0.39, 0.29) is 12.1 Å². The Balaban J connectivity index is 2.68. The Morgan fingerprint density at radius 2 is 2.44 bits per heavy atom. The van der Waals surface area contributed by atoms with Crippen LogP contribution >= 0.6 is 0 Å². The average molecular weight is 127 g/mol. The number of nitrogens with one attached hydrogen (secondary N) is 1. The molecule has 3 nitrogen and oxygen atoms in total. The average Bonchev–Trinajstić information content (AvgIpc) is 2.10. The second-order valence-corrected chi connectivity index (χ2v) is 1.94. The summed E-state index contributed by atoms with van der Waals surface area (Å²) >= 11 is 0. The number of hydrogen-bond donors (Lipinski definition) is 1. The van der Waals surface area contributed by atoms with E-state index in [9.17, 15) is 4.79 Å². The highest BCUT2D eigenvalue weighted by atomic mass is 16.5. The number of esters is 1. The van der Waals surface area contributed by atoms with Crippen molar-refractivity contribution in [2.24, 2.45) is 0 Å². The molecule has 0 radical (unpaired) electrons. The van der Waals surface area contributed by atoms with E-state index in [1.165, 1.54) is 0 Å². The second-order valence-electron chi connectivity index (χ2n) is 1.94. The largest absolute Gasteiger partial charge is 0.454 e. The number of hydrogen-bond acceptors (Lipinski definition) is 3. The molecule has 0 amide bonds. The Morgan fingerprint density at radius 1 is 1.78 bits per heavy atom. The summed E-state index contributed by atoms with van der Waals surface area (Å²) in [6, 6.07) is 0. The lowest BCUT2D eigenvalue weighted by Crippen LogP contribution is -2.13. The zero-order valence-electron chi connectivity index (χ0n) is 5.47. The molecule has 3 heteroatoms. The number of likely N-dealkylation sites (N-methyl/N-ethyl adjacent to an activating group) is 1. The maximum atomic E-state index is 10.7. The van der Waals surface area contributed by atoms with Gasteiger partial charge in [0, 0.05) is 7.05 Å². The van der Waals surface area contributed by atoms with Gasteiger partial charge >= 0.3 is 5.97 Å². The van der Waals surface area contributed by atoms with Crippen LogP contribution in [0, 0.1) is 0 Å². The monoisotopic (exact) mass is 127 g/mol. The van der Waals surface area contributed by atoms with Gasteiger partial charge in [-0.05, 0) is 13.0 Å². The summed E-state index contributed by atoms with van der Waals surface area (Å²) in [6.45, 7) is 1.82. The summed E-state index contributed by atoms with van der Waals surface area (Å²) in [4.78, 5) is 10.7. The van der Waals surface area contributed by atoms with E-state index in [0.717, 1.165) is 0 Å². The Hall–Kier alpha value is -0.990. The van der Waals surface area contributed by atoms with Crippen LogP contribution in [0.1, 0.15) is 6.92 Å². The molecule has 0 aromatic carbocycles. The van der Waals surface area contributed by atoms with Gasteiger partial charge in [0.2, 0.25) is 0 Å². The highest BCUT2D eigenvalue weighted by molar-refractivity contribution is 5.90. The maximum absolute atomic E-state index is 10.7. The van der Waals surface area contributed by atoms with Crippen molar-refractivity contribution in [3.63, 3.8) is 0 Å². The first kappa shape index (κ1) is 6.13. The number of carbonyl (C=O) groups excluding carboxylic acids is 1. The van der Waals surface area contributed by atoms with Gasteiger partial charge in [0.15, 0.2) is 0 Å². The highest BCUT2D eigenvalue weighted by Gasteiger charge is 2.20. The fraction of sp³-hybridized carbons (Fsp3) is 0.500. The minimum Gasteiger partial charge on any atom is -0.454 e. The van der Waals surface area contributed by atoms with Crippen LogP contribution in [-0.2, 0) is 9.53 Å². The first-order chi connectivity index (χ1) is 4.24. The second kappa shape index (κ2) is 2.09. The predicted octanol–water partition coefficient (Wildman–Crippen LogP) is 0.0350. The predicted molar refractivity (Wildman–Crippen MR) is 32.7 cm³/mol. The number of rotatable bonds is 1. The molecule has 0 aromatic rings. The maximum Gasteiger partial charge on any atom is 0.354 e. The Kier molecular flexibility index (Phi) is 1.42. The highest BCUT2D eigenvalue weighted by Crippen LogP contribution is 2.08. The van der Waals surface area contributed by atoms with E-state index in [1.807, 2.05) is 6.92 Å². The van der Waals surface area contributed by atoms with Gasteiger partial charge in [-0.2, -0.15) is 0 Å². The third kappa shape index (κ3) is 1.04. The van der Waals surface area contributed by atoms with Crippen molar-refractivity contribution in [3.8, 4) is 0 Å². The molecule has 0 spiro atoms. The smallest absolute Gasteiger partial charge is 0.354 e.